The molecule has 0 saturated carbocycles. The van der Waals surface area contributed by atoms with Crippen LogP contribution in [0.1, 0.15) is 22.7 Å². The van der Waals surface area contributed by atoms with Gasteiger partial charge in [0.1, 0.15) is 17.1 Å². The second-order valence-electron chi connectivity index (χ2n) is 6.53. The lowest BCUT2D eigenvalue weighted by atomic mass is 9.96. The van der Waals surface area contributed by atoms with E-state index >= 15 is 0 Å². The Morgan fingerprint density at radius 2 is 1.82 bits per heavy atom. The maximum atomic E-state index is 11.0. The van der Waals surface area contributed by atoms with Gasteiger partial charge in [0, 0.05) is 28.4 Å². The molecule has 2 heterocycles. The molecule has 2 aromatic carbocycles. The monoisotopic (exact) mass is 409 g/mol. The van der Waals surface area contributed by atoms with Gasteiger partial charge in [0.25, 0.3) is 0 Å². The highest BCUT2D eigenvalue weighted by atomic mass is 35.5. The zero-order valence-corrected chi connectivity index (χ0v) is 16.5. The number of aryl methyl sites for hydroxylation is 1. The molecule has 0 fully saturated rings. The summed E-state index contributed by atoms with van der Waals surface area (Å²) in [6.07, 6.45) is 3.26. The van der Waals surface area contributed by atoms with Gasteiger partial charge in [-0.05, 0) is 42.3 Å². The molecule has 0 aliphatic heterocycles. The molecule has 140 valence electrons. The van der Waals surface area contributed by atoms with E-state index in [4.69, 9.17) is 23.2 Å². The lowest BCUT2D eigenvalue weighted by Crippen LogP contribution is -2.14. The minimum atomic E-state index is -0.377. The van der Waals surface area contributed by atoms with Gasteiger partial charge in [-0.1, -0.05) is 53.5 Å². The summed E-state index contributed by atoms with van der Waals surface area (Å²) in [6, 6.07) is 16.6. The molecule has 0 amide bonds. The first kappa shape index (κ1) is 18.5. The number of halogens is 2. The molecule has 1 atom stereocenters. The molecular weight excluding hydrogens is 393 g/mol. The normalized spacial score (nSPS) is 12.1. The Morgan fingerprint density at radius 3 is 2.61 bits per heavy atom. The Hall–Kier alpha value is -2.82. The predicted octanol–water partition coefficient (Wildman–Crippen LogP) is 6.15. The van der Waals surface area contributed by atoms with Crippen LogP contribution in [0.25, 0.3) is 10.9 Å². The maximum Gasteiger partial charge on any atom is 0.147 e. The van der Waals surface area contributed by atoms with Gasteiger partial charge in [-0.15, -0.1) is 0 Å². The average Bonchev–Trinajstić information content (AvgIpc) is 2.68. The van der Waals surface area contributed by atoms with Gasteiger partial charge >= 0.3 is 0 Å². The molecule has 0 aliphatic rings. The number of pyridine rings is 2. The topological polar surface area (TPSA) is 58.0 Å². The maximum absolute atomic E-state index is 11.0. The first-order valence-electron chi connectivity index (χ1n) is 8.73. The van der Waals surface area contributed by atoms with Crippen LogP contribution in [-0.4, -0.2) is 15.1 Å². The van der Waals surface area contributed by atoms with E-state index in [-0.39, 0.29) is 11.8 Å². The van der Waals surface area contributed by atoms with Gasteiger partial charge in [-0.2, -0.15) is 0 Å². The van der Waals surface area contributed by atoms with Crippen molar-refractivity contribution in [2.75, 3.05) is 5.32 Å². The minimum Gasteiger partial charge on any atom is -0.505 e. The fourth-order valence-electron chi connectivity index (χ4n) is 3.23. The van der Waals surface area contributed by atoms with E-state index in [2.05, 4.69) is 15.3 Å². The Morgan fingerprint density at radius 1 is 0.964 bits per heavy atom. The number of nitrogens with one attached hydrogen (secondary N) is 1. The zero-order valence-electron chi connectivity index (χ0n) is 15.0. The fourth-order valence-corrected chi connectivity index (χ4v) is 3.64. The summed E-state index contributed by atoms with van der Waals surface area (Å²) in [6.45, 7) is 1.93. The second-order valence-corrected chi connectivity index (χ2v) is 7.40. The molecule has 2 aromatic heterocycles. The molecule has 0 spiro atoms. The summed E-state index contributed by atoms with van der Waals surface area (Å²) in [5, 5.41) is 16.4. The van der Waals surface area contributed by atoms with E-state index in [0.717, 1.165) is 16.5 Å². The molecule has 1 unspecified atom stereocenters. The number of fused-ring (bicyclic) bond motifs is 1. The van der Waals surface area contributed by atoms with Crippen molar-refractivity contribution in [3.8, 4) is 5.75 Å². The summed E-state index contributed by atoms with van der Waals surface area (Å²) in [5.74, 6) is 0.803. The predicted molar refractivity (Wildman–Crippen MR) is 114 cm³/mol. The van der Waals surface area contributed by atoms with E-state index < -0.39 is 0 Å². The molecule has 0 bridgehead atoms. The molecule has 4 rings (SSSR count). The number of aromatic hydroxyl groups is 1. The third kappa shape index (κ3) is 3.61. The van der Waals surface area contributed by atoms with Gasteiger partial charge in [0.05, 0.1) is 11.1 Å². The van der Waals surface area contributed by atoms with Crippen molar-refractivity contribution >= 4 is 39.9 Å². The second kappa shape index (κ2) is 7.66. The molecule has 4 aromatic rings. The SMILES string of the molecule is Cc1cc(Cl)cnc1NC(c1cccc(Cl)c1)c1ccc2cccnc2c1O. The van der Waals surface area contributed by atoms with Gasteiger partial charge in [-0.25, -0.2) is 4.98 Å². The number of phenolic OH excluding ortho intramolecular Hbond substituents is 1. The highest BCUT2D eigenvalue weighted by molar-refractivity contribution is 6.30. The summed E-state index contributed by atoms with van der Waals surface area (Å²) in [4.78, 5) is 8.74. The van der Waals surface area contributed by atoms with Crippen molar-refractivity contribution in [2.24, 2.45) is 0 Å². The summed E-state index contributed by atoms with van der Waals surface area (Å²) in [5.41, 5.74) is 3.03. The fraction of sp³-hybridized carbons (Fsp3) is 0.0909. The first-order valence-corrected chi connectivity index (χ1v) is 9.49. The molecule has 0 aliphatic carbocycles. The molecule has 0 radical (unpaired) electrons. The molecule has 28 heavy (non-hydrogen) atoms. The number of nitrogens with zero attached hydrogens (tertiary/aromatic N) is 2. The molecular formula is C22H17Cl2N3O. The first-order chi connectivity index (χ1) is 13.5. The molecule has 6 heteroatoms. The Balaban J connectivity index is 1.87. The number of benzene rings is 2. The van der Waals surface area contributed by atoms with Gasteiger partial charge in [-0.3, -0.25) is 4.98 Å². The third-order valence-electron chi connectivity index (χ3n) is 4.60. The van der Waals surface area contributed by atoms with E-state index in [1.807, 2.05) is 61.5 Å². The smallest absolute Gasteiger partial charge is 0.147 e. The Kier molecular flexibility index (Phi) is 5.07. The lowest BCUT2D eigenvalue weighted by Gasteiger charge is -2.23. The van der Waals surface area contributed by atoms with Crippen LogP contribution in [0.4, 0.5) is 5.82 Å². The van der Waals surface area contributed by atoms with Crippen LogP contribution in [0.2, 0.25) is 10.0 Å². The average molecular weight is 410 g/mol. The van der Waals surface area contributed by atoms with Crippen LogP contribution in [0.3, 0.4) is 0 Å². The summed E-state index contributed by atoms with van der Waals surface area (Å²) < 4.78 is 0. The number of anilines is 1. The number of aromatic nitrogens is 2. The van der Waals surface area contributed by atoms with Gasteiger partial charge < -0.3 is 10.4 Å². The van der Waals surface area contributed by atoms with Crippen molar-refractivity contribution in [3.05, 3.63) is 93.7 Å². The van der Waals surface area contributed by atoms with Crippen molar-refractivity contribution in [2.45, 2.75) is 13.0 Å². The molecule has 0 saturated heterocycles. The quantitative estimate of drug-likeness (QED) is 0.424. The van der Waals surface area contributed by atoms with Crippen LogP contribution < -0.4 is 5.32 Å². The van der Waals surface area contributed by atoms with Crippen LogP contribution in [0.5, 0.6) is 5.75 Å². The standard InChI is InChI=1S/C22H17Cl2N3O/c1-13-10-17(24)12-26-22(13)27-19(15-4-2-6-16(23)11-15)18-8-7-14-5-3-9-25-20(14)21(18)28/h2-12,19,28H,1H3,(H,26,27). The van der Waals surface area contributed by atoms with E-state index in [1.165, 1.54) is 0 Å². The number of phenols is 1. The number of rotatable bonds is 4. The number of hydrogen-bond acceptors (Lipinski definition) is 4. The van der Waals surface area contributed by atoms with Gasteiger partial charge in [0.15, 0.2) is 0 Å². The summed E-state index contributed by atoms with van der Waals surface area (Å²) >= 11 is 12.3. The number of hydrogen-bond donors (Lipinski definition) is 2. The van der Waals surface area contributed by atoms with Crippen LogP contribution in [0, 0.1) is 6.92 Å². The van der Waals surface area contributed by atoms with Crippen LogP contribution in [0.15, 0.2) is 67.0 Å². The van der Waals surface area contributed by atoms with Crippen molar-refractivity contribution in [1.82, 2.24) is 9.97 Å². The Labute approximate surface area is 172 Å². The largest absolute Gasteiger partial charge is 0.505 e. The molecule has 4 nitrogen and oxygen atoms in total. The molecule has 2 N–H and O–H groups in total. The van der Waals surface area contributed by atoms with E-state index in [1.54, 1.807) is 12.4 Å². The Bertz CT molecular complexity index is 1160. The minimum absolute atomic E-state index is 0.127. The van der Waals surface area contributed by atoms with Gasteiger partial charge in [0.2, 0.25) is 0 Å². The van der Waals surface area contributed by atoms with Crippen LogP contribution in [-0.2, 0) is 0 Å². The van der Waals surface area contributed by atoms with Crippen LogP contribution >= 0.6 is 23.2 Å². The van der Waals surface area contributed by atoms with Crippen molar-refractivity contribution in [1.29, 1.82) is 0 Å². The zero-order chi connectivity index (χ0) is 19.7. The lowest BCUT2D eigenvalue weighted by molar-refractivity contribution is 0.471. The highest BCUT2D eigenvalue weighted by Crippen LogP contribution is 2.37. The van der Waals surface area contributed by atoms with E-state index in [0.29, 0.717) is 26.9 Å². The highest BCUT2D eigenvalue weighted by Gasteiger charge is 2.21. The van der Waals surface area contributed by atoms with E-state index in [9.17, 15) is 5.11 Å². The third-order valence-corrected chi connectivity index (χ3v) is 5.04. The van der Waals surface area contributed by atoms with Crippen molar-refractivity contribution < 1.29 is 5.11 Å². The summed E-state index contributed by atoms with van der Waals surface area (Å²) in [7, 11) is 0. The van der Waals surface area contributed by atoms with Crippen molar-refractivity contribution in [3.63, 3.8) is 0 Å².